The monoisotopic (exact) mass is 329 g/mol. The Kier molecular flexibility index (Phi) is 4.54. The molecule has 0 spiro atoms. The molecule has 0 N–H and O–H groups in total. The third kappa shape index (κ3) is 3.06. The lowest BCUT2D eigenvalue weighted by molar-refractivity contribution is 0.466. The molecule has 1 aromatic heterocycles. The molecule has 1 heterocycles. The van der Waals surface area contributed by atoms with Gasteiger partial charge in [-0.3, -0.25) is 0 Å². The van der Waals surface area contributed by atoms with Gasteiger partial charge in [0.2, 0.25) is 10.0 Å². The number of nitrogens with zero attached hydrogens (tertiary/aromatic N) is 1. The summed E-state index contributed by atoms with van der Waals surface area (Å²) in [6.45, 7) is 4.00. The summed E-state index contributed by atoms with van der Waals surface area (Å²) in [4.78, 5) is 2.19. The standard InChI is InChI=1S/C14H16ClNO2S2/c1-10-8-14(11(2)19-10)20(17,18)16(3)9-12-6-4-5-7-13(12)15/h4-8H,9H2,1-3H3. The van der Waals surface area contributed by atoms with Crippen LogP contribution in [-0.4, -0.2) is 19.8 Å². The van der Waals surface area contributed by atoms with Crippen molar-refractivity contribution < 1.29 is 8.42 Å². The molecule has 20 heavy (non-hydrogen) atoms. The number of thiophene rings is 1. The molecule has 108 valence electrons. The minimum atomic E-state index is -3.48. The van der Waals surface area contributed by atoms with E-state index < -0.39 is 10.0 Å². The van der Waals surface area contributed by atoms with E-state index in [1.54, 1.807) is 19.2 Å². The zero-order chi connectivity index (χ0) is 14.9. The van der Waals surface area contributed by atoms with Crippen LogP contribution in [-0.2, 0) is 16.6 Å². The molecule has 0 aliphatic heterocycles. The Bertz CT molecular complexity index is 723. The number of aryl methyl sites for hydroxylation is 2. The summed E-state index contributed by atoms with van der Waals surface area (Å²) < 4.78 is 26.5. The van der Waals surface area contributed by atoms with E-state index in [0.717, 1.165) is 15.3 Å². The first-order valence-corrected chi connectivity index (χ1v) is 8.72. The van der Waals surface area contributed by atoms with Crippen molar-refractivity contribution in [2.24, 2.45) is 0 Å². The van der Waals surface area contributed by atoms with Gasteiger partial charge in [-0.2, -0.15) is 4.31 Å². The number of sulfonamides is 1. The van der Waals surface area contributed by atoms with Crippen LogP contribution in [0.15, 0.2) is 35.2 Å². The Labute approximate surface area is 128 Å². The summed E-state index contributed by atoms with van der Waals surface area (Å²) in [6, 6.07) is 8.99. The normalized spacial score (nSPS) is 12.1. The predicted molar refractivity (Wildman–Crippen MR) is 83.9 cm³/mol. The summed E-state index contributed by atoms with van der Waals surface area (Å²) >= 11 is 7.57. The fourth-order valence-electron chi connectivity index (χ4n) is 1.98. The van der Waals surface area contributed by atoms with E-state index in [-0.39, 0.29) is 6.54 Å². The van der Waals surface area contributed by atoms with Crippen molar-refractivity contribution >= 4 is 33.0 Å². The summed E-state index contributed by atoms with van der Waals surface area (Å²) in [5, 5.41) is 0.577. The minimum Gasteiger partial charge on any atom is -0.207 e. The van der Waals surface area contributed by atoms with Crippen LogP contribution in [0, 0.1) is 13.8 Å². The molecule has 0 bridgehead atoms. The first kappa shape index (κ1) is 15.5. The quantitative estimate of drug-likeness (QED) is 0.854. The maximum Gasteiger partial charge on any atom is 0.244 e. The van der Waals surface area contributed by atoms with E-state index in [4.69, 9.17) is 11.6 Å². The highest BCUT2D eigenvalue weighted by molar-refractivity contribution is 7.89. The van der Waals surface area contributed by atoms with Gasteiger partial charge in [0.05, 0.1) is 4.90 Å². The van der Waals surface area contributed by atoms with Gasteiger partial charge in [-0.15, -0.1) is 11.3 Å². The Morgan fingerprint density at radius 1 is 1.25 bits per heavy atom. The van der Waals surface area contributed by atoms with Crippen LogP contribution < -0.4 is 0 Å². The fourth-order valence-corrected chi connectivity index (χ4v) is 4.85. The topological polar surface area (TPSA) is 37.4 Å². The highest BCUT2D eigenvalue weighted by atomic mass is 35.5. The molecule has 0 amide bonds. The third-order valence-corrected chi connectivity index (χ3v) is 6.43. The molecule has 0 aliphatic rings. The van der Waals surface area contributed by atoms with Crippen LogP contribution in [0.5, 0.6) is 0 Å². The molecule has 6 heteroatoms. The molecule has 0 aliphatic carbocycles. The number of halogens is 1. The highest BCUT2D eigenvalue weighted by Crippen LogP contribution is 2.28. The van der Waals surface area contributed by atoms with Crippen LogP contribution in [0.3, 0.4) is 0 Å². The molecule has 0 saturated carbocycles. The van der Waals surface area contributed by atoms with Crippen LogP contribution in [0.1, 0.15) is 15.3 Å². The fraction of sp³-hybridized carbons (Fsp3) is 0.286. The average Bonchev–Trinajstić information content (AvgIpc) is 2.72. The highest BCUT2D eigenvalue weighted by Gasteiger charge is 2.24. The van der Waals surface area contributed by atoms with E-state index >= 15 is 0 Å². The third-order valence-electron chi connectivity index (χ3n) is 3.03. The first-order chi connectivity index (χ1) is 9.32. The van der Waals surface area contributed by atoms with Gasteiger partial charge in [0.1, 0.15) is 0 Å². The zero-order valence-corrected chi connectivity index (χ0v) is 13.9. The summed E-state index contributed by atoms with van der Waals surface area (Å²) in [5.74, 6) is 0. The van der Waals surface area contributed by atoms with Crippen LogP contribution in [0.25, 0.3) is 0 Å². The second-order valence-corrected chi connectivity index (χ2v) is 8.51. The lowest BCUT2D eigenvalue weighted by Gasteiger charge is -2.17. The van der Waals surface area contributed by atoms with Crippen molar-refractivity contribution in [1.82, 2.24) is 4.31 Å². The molecule has 0 unspecified atom stereocenters. The Morgan fingerprint density at radius 2 is 1.90 bits per heavy atom. The molecule has 2 aromatic rings. The maximum atomic E-state index is 12.6. The molecule has 0 fully saturated rings. The maximum absolute atomic E-state index is 12.6. The summed E-state index contributed by atoms with van der Waals surface area (Å²) in [6.07, 6.45) is 0. The van der Waals surface area contributed by atoms with Gasteiger partial charge in [0, 0.05) is 28.4 Å². The van der Waals surface area contributed by atoms with Crippen LogP contribution >= 0.6 is 22.9 Å². The lowest BCUT2D eigenvalue weighted by atomic mass is 10.2. The van der Waals surface area contributed by atoms with Crippen molar-refractivity contribution in [3.63, 3.8) is 0 Å². The second kappa shape index (κ2) is 5.85. The summed E-state index contributed by atoms with van der Waals surface area (Å²) in [7, 11) is -1.90. The van der Waals surface area contributed by atoms with E-state index in [2.05, 4.69) is 0 Å². The van der Waals surface area contributed by atoms with Gasteiger partial charge >= 0.3 is 0 Å². The Balaban J connectivity index is 2.31. The van der Waals surface area contributed by atoms with Crippen LogP contribution in [0.4, 0.5) is 0 Å². The van der Waals surface area contributed by atoms with E-state index in [0.29, 0.717) is 9.92 Å². The van der Waals surface area contributed by atoms with Crippen LogP contribution in [0.2, 0.25) is 5.02 Å². The van der Waals surface area contributed by atoms with Crippen molar-refractivity contribution in [2.75, 3.05) is 7.05 Å². The number of hydrogen-bond donors (Lipinski definition) is 0. The molecule has 0 saturated heterocycles. The average molecular weight is 330 g/mol. The van der Waals surface area contributed by atoms with Crippen molar-refractivity contribution in [3.8, 4) is 0 Å². The first-order valence-electron chi connectivity index (χ1n) is 6.09. The molecule has 2 rings (SSSR count). The van der Waals surface area contributed by atoms with Gasteiger partial charge in [-0.1, -0.05) is 29.8 Å². The lowest BCUT2D eigenvalue weighted by Crippen LogP contribution is -2.26. The largest absolute Gasteiger partial charge is 0.244 e. The Morgan fingerprint density at radius 3 is 2.45 bits per heavy atom. The minimum absolute atomic E-state index is 0.260. The van der Waals surface area contributed by atoms with E-state index in [1.807, 2.05) is 32.0 Å². The van der Waals surface area contributed by atoms with Gasteiger partial charge in [0.15, 0.2) is 0 Å². The van der Waals surface area contributed by atoms with Gasteiger partial charge in [-0.05, 0) is 31.5 Å². The zero-order valence-electron chi connectivity index (χ0n) is 11.6. The van der Waals surface area contributed by atoms with Crippen molar-refractivity contribution in [1.29, 1.82) is 0 Å². The number of hydrogen-bond acceptors (Lipinski definition) is 3. The number of benzene rings is 1. The number of rotatable bonds is 4. The molecular formula is C14H16ClNO2S2. The van der Waals surface area contributed by atoms with E-state index in [9.17, 15) is 8.42 Å². The molecular weight excluding hydrogens is 314 g/mol. The summed E-state index contributed by atoms with van der Waals surface area (Å²) in [5.41, 5.74) is 0.796. The molecule has 3 nitrogen and oxygen atoms in total. The molecule has 0 radical (unpaired) electrons. The van der Waals surface area contributed by atoms with E-state index in [1.165, 1.54) is 15.6 Å². The smallest absolute Gasteiger partial charge is 0.207 e. The van der Waals surface area contributed by atoms with Gasteiger partial charge < -0.3 is 0 Å². The van der Waals surface area contributed by atoms with Crippen molar-refractivity contribution in [3.05, 3.63) is 50.7 Å². The molecule has 0 atom stereocenters. The second-order valence-electron chi connectivity index (χ2n) is 4.63. The van der Waals surface area contributed by atoms with Crippen molar-refractivity contribution in [2.45, 2.75) is 25.3 Å². The molecule has 1 aromatic carbocycles. The SMILES string of the molecule is Cc1cc(S(=O)(=O)N(C)Cc2ccccc2Cl)c(C)s1. The van der Waals surface area contributed by atoms with Gasteiger partial charge in [-0.25, -0.2) is 8.42 Å². The van der Waals surface area contributed by atoms with Gasteiger partial charge in [0.25, 0.3) is 0 Å². The predicted octanol–water partition coefficient (Wildman–Crippen LogP) is 3.84. The Hall–Kier alpha value is -0.880.